The molecular weight excluding hydrogens is 274 g/mol. The largest absolute Gasteiger partial charge is 0.462 e. The summed E-state index contributed by atoms with van der Waals surface area (Å²) in [6, 6.07) is 11.6. The Labute approximate surface area is 132 Å². The Morgan fingerprint density at radius 3 is 2.27 bits per heavy atom. The minimum Gasteiger partial charge on any atom is -0.462 e. The monoisotopic (exact) mass is 297 g/mol. The van der Waals surface area contributed by atoms with Gasteiger partial charge in [0.1, 0.15) is 0 Å². The van der Waals surface area contributed by atoms with Crippen molar-refractivity contribution >= 4 is 5.97 Å². The molecule has 0 aliphatic heterocycles. The van der Waals surface area contributed by atoms with Gasteiger partial charge >= 0.3 is 5.97 Å². The third-order valence-corrected chi connectivity index (χ3v) is 3.58. The second-order valence-electron chi connectivity index (χ2n) is 6.42. The van der Waals surface area contributed by atoms with E-state index in [2.05, 4.69) is 25.8 Å². The quantitative estimate of drug-likeness (QED) is 0.614. The normalized spacial score (nSPS) is 11.2. The Balaban J connectivity index is 1.80. The third kappa shape index (κ3) is 4.69. The van der Waals surface area contributed by atoms with E-state index in [1.807, 2.05) is 36.4 Å². The van der Waals surface area contributed by atoms with Gasteiger partial charge in [-0.15, -0.1) is 0 Å². The Morgan fingerprint density at radius 2 is 1.68 bits per heavy atom. The number of esters is 1. The number of rotatable bonds is 5. The summed E-state index contributed by atoms with van der Waals surface area (Å²) in [4.78, 5) is 16.0. The molecule has 0 amide bonds. The molecule has 0 saturated heterocycles. The van der Waals surface area contributed by atoms with Gasteiger partial charge in [-0.25, -0.2) is 4.79 Å². The van der Waals surface area contributed by atoms with Crippen molar-refractivity contribution in [2.75, 3.05) is 6.61 Å². The third-order valence-electron chi connectivity index (χ3n) is 3.58. The number of carbonyl (C=O) groups excluding carboxylic acids is 1. The van der Waals surface area contributed by atoms with Gasteiger partial charge in [0.15, 0.2) is 0 Å². The maximum absolute atomic E-state index is 12.0. The molecule has 0 N–H and O–H groups in total. The molecule has 0 aliphatic rings. The summed E-state index contributed by atoms with van der Waals surface area (Å²) in [5.74, 6) is -0.254. The number of aromatic nitrogens is 1. The van der Waals surface area contributed by atoms with Crippen LogP contribution >= 0.6 is 0 Å². The molecule has 3 nitrogen and oxygen atoms in total. The standard InChI is InChI=1S/C19H23NO2/c1-19(2,3)17-8-6-16(7-9-17)18(21)22-14-4-5-15-10-12-20-13-11-15/h6-13H,4-5,14H2,1-3H3. The summed E-state index contributed by atoms with van der Waals surface area (Å²) in [5, 5.41) is 0. The molecule has 1 heterocycles. The zero-order chi connectivity index (χ0) is 16.0. The maximum Gasteiger partial charge on any atom is 0.338 e. The van der Waals surface area contributed by atoms with E-state index in [0.29, 0.717) is 12.2 Å². The van der Waals surface area contributed by atoms with Crippen molar-refractivity contribution in [1.29, 1.82) is 0 Å². The molecule has 3 heteroatoms. The predicted molar refractivity (Wildman–Crippen MR) is 88.0 cm³/mol. The number of pyridine rings is 1. The zero-order valence-corrected chi connectivity index (χ0v) is 13.5. The van der Waals surface area contributed by atoms with Gasteiger partial charge in [0.2, 0.25) is 0 Å². The number of hydrogen-bond donors (Lipinski definition) is 0. The summed E-state index contributed by atoms with van der Waals surface area (Å²) >= 11 is 0. The molecule has 0 aliphatic carbocycles. The fourth-order valence-electron chi connectivity index (χ4n) is 2.18. The van der Waals surface area contributed by atoms with E-state index in [-0.39, 0.29) is 11.4 Å². The van der Waals surface area contributed by atoms with Crippen molar-refractivity contribution in [3.8, 4) is 0 Å². The van der Waals surface area contributed by atoms with E-state index in [9.17, 15) is 4.79 Å². The topological polar surface area (TPSA) is 39.2 Å². The van der Waals surface area contributed by atoms with Gasteiger partial charge < -0.3 is 4.74 Å². The number of aryl methyl sites for hydroxylation is 1. The molecular formula is C19H23NO2. The fourth-order valence-corrected chi connectivity index (χ4v) is 2.18. The molecule has 2 rings (SSSR count). The minimum absolute atomic E-state index is 0.0903. The summed E-state index contributed by atoms with van der Waals surface area (Å²) < 4.78 is 5.32. The molecule has 22 heavy (non-hydrogen) atoms. The van der Waals surface area contributed by atoms with Crippen LogP contribution in [0.15, 0.2) is 48.8 Å². The molecule has 1 aromatic carbocycles. The lowest BCUT2D eigenvalue weighted by atomic mass is 9.87. The lowest BCUT2D eigenvalue weighted by Gasteiger charge is -2.18. The van der Waals surface area contributed by atoms with Gasteiger partial charge in [-0.3, -0.25) is 4.98 Å². The Kier molecular flexibility index (Phi) is 5.31. The highest BCUT2D eigenvalue weighted by Gasteiger charge is 2.14. The van der Waals surface area contributed by atoms with Crippen molar-refractivity contribution < 1.29 is 9.53 Å². The van der Waals surface area contributed by atoms with E-state index in [4.69, 9.17) is 4.74 Å². The number of ether oxygens (including phenoxy) is 1. The SMILES string of the molecule is CC(C)(C)c1ccc(C(=O)OCCCc2ccncc2)cc1. The molecule has 0 bridgehead atoms. The highest BCUT2D eigenvalue weighted by Crippen LogP contribution is 2.22. The van der Waals surface area contributed by atoms with Crippen LogP contribution in [-0.4, -0.2) is 17.6 Å². The smallest absolute Gasteiger partial charge is 0.338 e. The lowest BCUT2D eigenvalue weighted by molar-refractivity contribution is 0.0500. The average molecular weight is 297 g/mol. The van der Waals surface area contributed by atoms with E-state index >= 15 is 0 Å². The van der Waals surface area contributed by atoms with Gasteiger partial charge in [0.05, 0.1) is 12.2 Å². The molecule has 0 spiro atoms. The zero-order valence-electron chi connectivity index (χ0n) is 13.5. The summed E-state index contributed by atoms with van der Waals surface area (Å²) in [7, 11) is 0. The molecule has 0 unspecified atom stereocenters. The molecule has 0 saturated carbocycles. The van der Waals surface area contributed by atoms with Crippen LogP contribution in [0, 0.1) is 0 Å². The first-order valence-electron chi connectivity index (χ1n) is 7.63. The summed E-state index contributed by atoms with van der Waals surface area (Å²) in [6.07, 6.45) is 5.25. The first-order valence-corrected chi connectivity index (χ1v) is 7.63. The Hall–Kier alpha value is -2.16. The highest BCUT2D eigenvalue weighted by atomic mass is 16.5. The van der Waals surface area contributed by atoms with Crippen molar-refractivity contribution in [2.45, 2.75) is 39.0 Å². The van der Waals surface area contributed by atoms with E-state index in [0.717, 1.165) is 12.8 Å². The molecule has 0 fully saturated rings. The van der Waals surface area contributed by atoms with Gasteiger partial charge in [-0.05, 0) is 53.6 Å². The predicted octanol–water partition coefficient (Wildman–Crippen LogP) is 4.17. The van der Waals surface area contributed by atoms with Crippen LogP contribution in [0.4, 0.5) is 0 Å². The Morgan fingerprint density at radius 1 is 1.05 bits per heavy atom. The number of carbonyl (C=O) groups is 1. The number of hydrogen-bond acceptors (Lipinski definition) is 3. The van der Waals surface area contributed by atoms with Crippen LogP contribution in [-0.2, 0) is 16.6 Å². The summed E-state index contributed by atoms with van der Waals surface area (Å²) in [5.41, 5.74) is 3.12. The molecule has 2 aromatic rings. The van der Waals surface area contributed by atoms with Gasteiger partial charge in [0, 0.05) is 12.4 Å². The van der Waals surface area contributed by atoms with E-state index < -0.39 is 0 Å². The van der Waals surface area contributed by atoms with Gasteiger partial charge in [-0.2, -0.15) is 0 Å². The second kappa shape index (κ2) is 7.21. The highest BCUT2D eigenvalue weighted by molar-refractivity contribution is 5.89. The van der Waals surface area contributed by atoms with E-state index in [1.165, 1.54) is 11.1 Å². The minimum atomic E-state index is -0.254. The van der Waals surface area contributed by atoms with E-state index in [1.54, 1.807) is 12.4 Å². The van der Waals surface area contributed by atoms with Gasteiger partial charge in [-0.1, -0.05) is 32.9 Å². The Bertz CT molecular complexity index is 598. The fraction of sp³-hybridized carbons (Fsp3) is 0.368. The van der Waals surface area contributed by atoms with Crippen molar-refractivity contribution in [3.63, 3.8) is 0 Å². The van der Waals surface area contributed by atoms with Crippen molar-refractivity contribution in [2.24, 2.45) is 0 Å². The number of nitrogens with zero attached hydrogens (tertiary/aromatic N) is 1. The number of benzene rings is 1. The molecule has 116 valence electrons. The van der Waals surface area contributed by atoms with Crippen molar-refractivity contribution in [3.05, 3.63) is 65.5 Å². The van der Waals surface area contributed by atoms with Crippen LogP contribution in [0.1, 0.15) is 48.7 Å². The maximum atomic E-state index is 12.0. The lowest BCUT2D eigenvalue weighted by Crippen LogP contribution is -2.12. The van der Waals surface area contributed by atoms with Crippen LogP contribution < -0.4 is 0 Å². The summed E-state index contributed by atoms with van der Waals surface area (Å²) in [6.45, 7) is 6.89. The molecule has 0 atom stereocenters. The first-order chi connectivity index (χ1) is 10.5. The molecule has 0 radical (unpaired) electrons. The molecule has 1 aromatic heterocycles. The van der Waals surface area contributed by atoms with Crippen LogP contribution in [0.25, 0.3) is 0 Å². The first kappa shape index (κ1) is 16.2. The van der Waals surface area contributed by atoms with Crippen LogP contribution in [0.2, 0.25) is 0 Å². The van der Waals surface area contributed by atoms with Gasteiger partial charge in [0.25, 0.3) is 0 Å². The average Bonchev–Trinajstić information content (AvgIpc) is 2.52. The van der Waals surface area contributed by atoms with Crippen LogP contribution in [0.5, 0.6) is 0 Å². The van der Waals surface area contributed by atoms with Crippen LogP contribution in [0.3, 0.4) is 0 Å². The second-order valence-corrected chi connectivity index (χ2v) is 6.42. The van der Waals surface area contributed by atoms with Crippen molar-refractivity contribution in [1.82, 2.24) is 4.98 Å².